The molecule has 6 heteroatoms. The van der Waals surface area contributed by atoms with Gasteiger partial charge in [0.05, 0.1) is 11.6 Å². The van der Waals surface area contributed by atoms with E-state index >= 15 is 0 Å². The topological polar surface area (TPSA) is 87.6 Å². The van der Waals surface area contributed by atoms with Gasteiger partial charge >= 0.3 is 0 Å². The summed E-state index contributed by atoms with van der Waals surface area (Å²) in [6.07, 6.45) is -0.00913. The fourth-order valence-corrected chi connectivity index (χ4v) is 2.19. The van der Waals surface area contributed by atoms with Crippen LogP contribution < -0.4 is 20.9 Å². The largest absolute Gasteiger partial charge is 0.493 e. The summed E-state index contributed by atoms with van der Waals surface area (Å²) in [5, 5.41) is 0. The maximum Gasteiger partial charge on any atom is 0.258 e. The molecule has 1 rings (SSSR count). The minimum atomic E-state index is -0.732. The first-order valence-electron chi connectivity index (χ1n) is 5.93. The molecule has 0 aliphatic heterocycles. The van der Waals surface area contributed by atoms with Gasteiger partial charge in [0, 0.05) is 6.04 Å². The number of amides is 1. The number of methoxy groups -OCH3 is 1. The van der Waals surface area contributed by atoms with Gasteiger partial charge in [-0.3, -0.25) is 4.79 Å². The van der Waals surface area contributed by atoms with Crippen LogP contribution in [0.15, 0.2) is 16.6 Å². The van der Waals surface area contributed by atoms with Crippen LogP contribution in [-0.2, 0) is 11.2 Å². The lowest BCUT2D eigenvalue weighted by molar-refractivity contribution is -0.124. The van der Waals surface area contributed by atoms with E-state index in [0.29, 0.717) is 16.0 Å². The number of nitrogens with two attached hydrogens (primary N) is 2. The highest BCUT2D eigenvalue weighted by Gasteiger charge is 2.17. The van der Waals surface area contributed by atoms with E-state index in [9.17, 15) is 4.79 Å². The minimum absolute atomic E-state index is 0.0490. The molecule has 1 amide bonds. The summed E-state index contributed by atoms with van der Waals surface area (Å²) in [5.41, 5.74) is 12.0. The van der Waals surface area contributed by atoms with Crippen molar-refractivity contribution in [1.82, 2.24) is 0 Å². The number of benzene rings is 1. The first-order valence-corrected chi connectivity index (χ1v) is 6.72. The molecule has 0 saturated heterocycles. The van der Waals surface area contributed by atoms with Crippen LogP contribution in [0.2, 0.25) is 0 Å². The van der Waals surface area contributed by atoms with Crippen LogP contribution in [-0.4, -0.2) is 25.2 Å². The number of carbonyl (C=O) groups excluding carboxylic acids is 1. The van der Waals surface area contributed by atoms with Crippen LogP contribution in [0.4, 0.5) is 0 Å². The van der Waals surface area contributed by atoms with Gasteiger partial charge in [-0.05, 0) is 53.9 Å². The molecule has 1 aromatic rings. The molecule has 1 aromatic carbocycles. The van der Waals surface area contributed by atoms with Crippen molar-refractivity contribution in [3.05, 3.63) is 22.2 Å². The van der Waals surface area contributed by atoms with E-state index in [1.54, 1.807) is 14.0 Å². The van der Waals surface area contributed by atoms with Crippen molar-refractivity contribution in [2.75, 3.05) is 7.11 Å². The Balaban J connectivity index is 3.07. The van der Waals surface area contributed by atoms with E-state index in [-0.39, 0.29) is 6.04 Å². The maximum atomic E-state index is 11.1. The Kier molecular flexibility index (Phi) is 5.62. The number of carbonyl (C=O) groups is 1. The van der Waals surface area contributed by atoms with Crippen LogP contribution in [0, 0.1) is 0 Å². The van der Waals surface area contributed by atoms with Gasteiger partial charge < -0.3 is 20.9 Å². The highest BCUT2D eigenvalue weighted by Crippen LogP contribution is 2.37. The maximum absolute atomic E-state index is 11.1. The lowest BCUT2D eigenvalue weighted by Crippen LogP contribution is -2.30. The van der Waals surface area contributed by atoms with E-state index < -0.39 is 12.0 Å². The fourth-order valence-electron chi connectivity index (χ4n) is 1.61. The zero-order valence-corrected chi connectivity index (χ0v) is 12.9. The number of hydrogen-bond acceptors (Lipinski definition) is 4. The van der Waals surface area contributed by atoms with E-state index in [1.165, 1.54) is 0 Å². The van der Waals surface area contributed by atoms with Crippen LogP contribution >= 0.6 is 15.9 Å². The third-order valence-electron chi connectivity index (χ3n) is 2.54. The van der Waals surface area contributed by atoms with Crippen molar-refractivity contribution >= 4 is 21.8 Å². The van der Waals surface area contributed by atoms with Crippen molar-refractivity contribution in [1.29, 1.82) is 0 Å². The molecule has 0 bridgehead atoms. The molecule has 5 nitrogen and oxygen atoms in total. The standard InChI is InChI=1S/C13H19BrN2O3/c1-7(15)4-9-5-10(14)12(11(6-9)18-3)19-8(2)13(16)17/h5-8H,4,15H2,1-3H3,(H2,16,17). The second-order valence-corrected chi connectivity index (χ2v) is 5.31. The van der Waals surface area contributed by atoms with Gasteiger partial charge in [-0.15, -0.1) is 0 Å². The highest BCUT2D eigenvalue weighted by molar-refractivity contribution is 9.10. The average Bonchev–Trinajstić information content (AvgIpc) is 2.30. The van der Waals surface area contributed by atoms with Crippen LogP contribution in [0.3, 0.4) is 0 Å². The predicted octanol–water partition coefficient (Wildman–Crippen LogP) is 1.60. The van der Waals surface area contributed by atoms with E-state index in [1.807, 2.05) is 19.1 Å². The van der Waals surface area contributed by atoms with Gasteiger partial charge in [0.25, 0.3) is 5.91 Å². The van der Waals surface area contributed by atoms with E-state index in [0.717, 1.165) is 12.0 Å². The lowest BCUT2D eigenvalue weighted by atomic mass is 10.1. The molecule has 0 saturated carbocycles. The zero-order chi connectivity index (χ0) is 14.6. The summed E-state index contributed by atoms with van der Waals surface area (Å²) in [5.74, 6) is 0.467. The van der Waals surface area contributed by atoms with Gasteiger partial charge in [0.1, 0.15) is 0 Å². The summed E-state index contributed by atoms with van der Waals surface area (Å²) < 4.78 is 11.5. The lowest BCUT2D eigenvalue weighted by Gasteiger charge is -2.17. The Morgan fingerprint density at radius 3 is 2.53 bits per heavy atom. The molecule has 4 N–H and O–H groups in total. The second kappa shape index (κ2) is 6.77. The predicted molar refractivity (Wildman–Crippen MR) is 77.3 cm³/mol. The molecule has 2 atom stereocenters. The Bertz CT molecular complexity index is 463. The molecule has 0 aliphatic rings. The first-order chi connectivity index (χ1) is 8.85. The first kappa shape index (κ1) is 15.8. The van der Waals surface area contributed by atoms with Crippen molar-refractivity contribution < 1.29 is 14.3 Å². The van der Waals surface area contributed by atoms with Crippen LogP contribution in [0.25, 0.3) is 0 Å². The summed E-state index contributed by atoms with van der Waals surface area (Å²) in [4.78, 5) is 11.1. The SMILES string of the molecule is COc1cc(CC(C)N)cc(Br)c1OC(C)C(N)=O. The third kappa shape index (κ3) is 4.40. The molecule has 106 valence electrons. The number of primary amides is 1. The van der Waals surface area contributed by atoms with Gasteiger partial charge in [-0.25, -0.2) is 0 Å². The smallest absolute Gasteiger partial charge is 0.258 e. The van der Waals surface area contributed by atoms with Crippen LogP contribution in [0.5, 0.6) is 11.5 Å². The minimum Gasteiger partial charge on any atom is -0.493 e. The van der Waals surface area contributed by atoms with E-state index in [4.69, 9.17) is 20.9 Å². The molecular formula is C13H19BrN2O3. The Morgan fingerprint density at radius 2 is 2.05 bits per heavy atom. The Hall–Kier alpha value is -1.27. The van der Waals surface area contributed by atoms with Crippen molar-refractivity contribution in [2.45, 2.75) is 32.4 Å². The third-order valence-corrected chi connectivity index (χ3v) is 3.13. The summed E-state index contributed by atoms with van der Waals surface area (Å²) in [6.45, 7) is 3.52. The average molecular weight is 331 g/mol. The molecule has 0 heterocycles. The van der Waals surface area contributed by atoms with Crippen molar-refractivity contribution in [2.24, 2.45) is 11.5 Å². The molecule has 0 aromatic heterocycles. The van der Waals surface area contributed by atoms with Crippen LogP contribution in [0.1, 0.15) is 19.4 Å². The Morgan fingerprint density at radius 1 is 1.42 bits per heavy atom. The van der Waals surface area contributed by atoms with Gasteiger partial charge in [0.15, 0.2) is 17.6 Å². The van der Waals surface area contributed by atoms with Gasteiger partial charge in [-0.1, -0.05) is 0 Å². The zero-order valence-electron chi connectivity index (χ0n) is 11.3. The highest BCUT2D eigenvalue weighted by atomic mass is 79.9. The quantitative estimate of drug-likeness (QED) is 0.829. The molecular weight excluding hydrogens is 312 g/mol. The van der Waals surface area contributed by atoms with Gasteiger partial charge in [0.2, 0.25) is 0 Å². The molecule has 0 fully saturated rings. The molecule has 0 radical (unpaired) electrons. The summed E-state index contributed by atoms with van der Waals surface area (Å²) >= 11 is 3.41. The van der Waals surface area contributed by atoms with Gasteiger partial charge in [-0.2, -0.15) is 0 Å². The summed E-state index contributed by atoms with van der Waals surface area (Å²) in [7, 11) is 1.54. The van der Waals surface area contributed by atoms with Crippen molar-refractivity contribution in [3.63, 3.8) is 0 Å². The number of hydrogen-bond donors (Lipinski definition) is 2. The molecule has 0 spiro atoms. The van der Waals surface area contributed by atoms with E-state index in [2.05, 4.69) is 15.9 Å². The van der Waals surface area contributed by atoms with Crippen molar-refractivity contribution in [3.8, 4) is 11.5 Å². The second-order valence-electron chi connectivity index (χ2n) is 4.45. The number of rotatable bonds is 6. The Labute approximate surface area is 121 Å². The monoisotopic (exact) mass is 330 g/mol. The molecule has 19 heavy (non-hydrogen) atoms. The normalized spacial score (nSPS) is 13.7. The molecule has 2 unspecified atom stereocenters. The summed E-state index contributed by atoms with van der Waals surface area (Å²) in [6, 6.07) is 3.79. The molecule has 0 aliphatic carbocycles. The number of halogens is 1. The fraction of sp³-hybridized carbons (Fsp3) is 0.462. The number of ether oxygens (including phenoxy) is 2.